The van der Waals surface area contributed by atoms with E-state index in [-0.39, 0.29) is 0 Å². The molecule has 0 saturated carbocycles. The van der Waals surface area contributed by atoms with E-state index in [1.165, 1.54) is 91.8 Å². The lowest BCUT2D eigenvalue weighted by molar-refractivity contribution is 1.18. The van der Waals surface area contributed by atoms with Gasteiger partial charge in [0.15, 0.2) is 0 Å². The van der Waals surface area contributed by atoms with E-state index in [9.17, 15) is 0 Å². The molecule has 0 fully saturated rings. The summed E-state index contributed by atoms with van der Waals surface area (Å²) in [5.41, 5.74) is 14.2. The van der Waals surface area contributed by atoms with Gasteiger partial charge in [0.05, 0.1) is 16.7 Å². The normalized spacial score (nSPS) is 11.6. The third-order valence-corrected chi connectivity index (χ3v) is 13.4. The summed E-state index contributed by atoms with van der Waals surface area (Å²) < 4.78 is 5.03. The van der Waals surface area contributed by atoms with Gasteiger partial charge in [-0.25, -0.2) is 0 Å². The quantitative estimate of drug-likeness (QED) is 0.156. The van der Waals surface area contributed by atoms with E-state index in [4.69, 9.17) is 0 Å². The van der Waals surface area contributed by atoms with Gasteiger partial charge in [0.1, 0.15) is 0 Å². The Morgan fingerprint density at radius 2 is 0.902 bits per heavy atom. The monoisotopic (exact) mass is 794 g/mol. The minimum atomic E-state index is 1.10. The topological polar surface area (TPSA) is 8.17 Å². The van der Waals surface area contributed by atoms with Gasteiger partial charge in [-0.2, -0.15) is 0 Å². The molecule has 0 saturated heterocycles. The van der Waals surface area contributed by atoms with Crippen molar-refractivity contribution in [3.63, 3.8) is 0 Å². The van der Waals surface area contributed by atoms with Crippen LogP contribution >= 0.6 is 11.3 Å². The minimum Gasteiger partial charge on any atom is -0.310 e. The molecule has 10 aromatic carbocycles. The van der Waals surface area contributed by atoms with Crippen molar-refractivity contribution in [2.75, 3.05) is 4.90 Å². The van der Waals surface area contributed by atoms with Gasteiger partial charge in [-0.15, -0.1) is 11.3 Å². The van der Waals surface area contributed by atoms with Gasteiger partial charge in [0.2, 0.25) is 0 Å². The molecule has 0 aliphatic carbocycles. The van der Waals surface area contributed by atoms with Crippen molar-refractivity contribution >= 4 is 81.1 Å². The number of aromatic nitrogens is 1. The molecule has 2 heterocycles. The SMILES string of the molecule is c1ccc(-c2ccc(N(c3ccc(-c4cccc5c4sc4ccccc45)cc3)c3ccc(-c4ccc5c(c4)c4ccccc4n5-c4ccccc4)c4ccccc34)cc2)cc1. The Balaban J connectivity index is 1.00. The van der Waals surface area contributed by atoms with Crippen LogP contribution in [-0.2, 0) is 0 Å². The zero-order chi connectivity index (χ0) is 40.3. The average Bonchev–Trinajstić information content (AvgIpc) is 3.88. The summed E-state index contributed by atoms with van der Waals surface area (Å²) in [7, 11) is 0. The number of fused-ring (bicyclic) bond motifs is 7. The largest absolute Gasteiger partial charge is 0.310 e. The zero-order valence-electron chi connectivity index (χ0n) is 33.2. The van der Waals surface area contributed by atoms with E-state index in [2.05, 4.69) is 240 Å². The van der Waals surface area contributed by atoms with E-state index < -0.39 is 0 Å². The van der Waals surface area contributed by atoms with Gasteiger partial charge in [-0.1, -0.05) is 164 Å². The summed E-state index contributed by atoms with van der Waals surface area (Å²) in [4.78, 5) is 2.42. The van der Waals surface area contributed by atoms with Crippen LogP contribution in [0.3, 0.4) is 0 Å². The summed E-state index contributed by atoms with van der Waals surface area (Å²) in [5, 5.41) is 7.54. The van der Waals surface area contributed by atoms with Crippen LogP contribution in [0.5, 0.6) is 0 Å². The number of hydrogen-bond acceptors (Lipinski definition) is 2. The van der Waals surface area contributed by atoms with Crippen LogP contribution in [0.15, 0.2) is 231 Å². The molecule has 0 N–H and O–H groups in total. The number of rotatable bonds is 7. The molecule has 12 aromatic rings. The molecule has 0 radical (unpaired) electrons. The molecule has 0 bridgehead atoms. The number of thiophene rings is 1. The van der Waals surface area contributed by atoms with Crippen LogP contribution < -0.4 is 4.90 Å². The Bertz CT molecular complexity index is 3560. The molecule has 12 rings (SSSR count). The van der Waals surface area contributed by atoms with Gasteiger partial charge in [-0.05, 0) is 105 Å². The lowest BCUT2D eigenvalue weighted by Crippen LogP contribution is -2.10. The van der Waals surface area contributed by atoms with Gasteiger partial charge in [0.25, 0.3) is 0 Å². The highest BCUT2D eigenvalue weighted by molar-refractivity contribution is 7.26. The predicted octanol–water partition coefficient (Wildman–Crippen LogP) is 16.8. The van der Waals surface area contributed by atoms with Crippen LogP contribution in [0, 0.1) is 0 Å². The van der Waals surface area contributed by atoms with Gasteiger partial charge in [-0.3, -0.25) is 0 Å². The van der Waals surface area contributed by atoms with Crippen LogP contribution in [0.25, 0.3) is 91.8 Å². The highest BCUT2D eigenvalue weighted by Gasteiger charge is 2.20. The Morgan fingerprint density at radius 3 is 1.67 bits per heavy atom. The molecule has 0 unspecified atom stereocenters. The van der Waals surface area contributed by atoms with Crippen LogP contribution in [0.2, 0.25) is 0 Å². The summed E-state index contributed by atoms with van der Waals surface area (Å²) in [6.07, 6.45) is 0. The van der Waals surface area contributed by atoms with E-state index in [1.807, 2.05) is 11.3 Å². The third kappa shape index (κ3) is 5.93. The van der Waals surface area contributed by atoms with Gasteiger partial charge in [0, 0.05) is 53.4 Å². The molecule has 0 spiro atoms. The second-order valence-corrected chi connectivity index (χ2v) is 16.7. The van der Waals surface area contributed by atoms with Gasteiger partial charge < -0.3 is 9.47 Å². The van der Waals surface area contributed by atoms with Crippen molar-refractivity contribution in [3.8, 4) is 39.1 Å². The van der Waals surface area contributed by atoms with Crippen LogP contribution in [0.4, 0.5) is 17.1 Å². The van der Waals surface area contributed by atoms with Crippen molar-refractivity contribution < 1.29 is 0 Å². The lowest BCUT2D eigenvalue weighted by Gasteiger charge is -2.28. The highest BCUT2D eigenvalue weighted by atomic mass is 32.1. The lowest BCUT2D eigenvalue weighted by atomic mass is 9.95. The fraction of sp³-hybridized carbons (Fsp3) is 0. The number of anilines is 3. The molecular formula is C58H38N2S. The summed E-state index contributed by atoms with van der Waals surface area (Å²) in [6.45, 7) is 0. The van der Waals surface area contributed by atoms with E-state index in [0.717, 1.165) is 17.1 Å². The predicted molar refractivity (Wildman–Crippen MR) is 262 cm³/mol. The third-order valence-electron chi connectivity index (χ3n) is 12.2. The smallest absolute Gasteiger partial charge is 0.0541 e. The van der Waals surface area contributed by atoms with E-state index in [0.29, 0.717) is 0 Å². The first kappa shape index (κ1) is 35.2. The minimum absolute atomic E-state index is 1.10. The van der Waals surface area contributed by atoms with Gasteiger partial charge >= 0.3 is 0 Å². The first-order chi connectivity index (χ1) is 30.3. The fourth-order valence-electron chi connectivity index (χ4n) is 9.35. The Kier molecular flexibility index (Phi) is 8.39. The van der Waals surface area contributed by atoms with Crippen molar-refractivity contribution in [2.24, 2.45) is 0 Å². The molecule has 0 aliphatic heterocycles. The highest BCUT2D eigenvalue weighted by Crippen LogP contribution is 2.45. The molecule has 0 aliphatic rings. The molecule has 0 amide bonds. The average molecular weight is 795 g/mol. The van der Waals surface area contributed by atoms with Crippen molar-refractivity contribution in [1.82, 2.24) is 4.57 Å². The van der Waals surface area contributed by atoms with Crippen molar-refractivity contribution in [1.29, 1.82) is 0 Å². The summed E-state index contributed by atoms with van der Waals surface area (Å²) >= 11 is 1.88. The van der Waals surface area contributed by atoms with Crippen molar-refractivity contribution in [3.05, 3.63) is 231 Å². The Morgan fingerprint density at radius 1 is 0.328 bits per heavy atom. The molecule has 0 atom stereocenters. The summed E-state index contributed by atoms with van der Waals surface area (Å²) in [6, 6.07) is 84.1. The molecule has 286 valence electrons. The van der Waals surface area contributed by atoms with Crippen molar-refractivity contribution in [2.45, 2.75) is 0 Å². The molecule has 61 heavy (non-hydrogen) atoms. The molecule has 2 aromatic heterocycles. The van der Waals surface area contributed by atoms with Crippen LogP contribution in [0.1, 0.15) is 0 Å². The standard InChI is InChI=1S/C58H38N2S/c1-3-14-39(15-4-1)40-26-31-44(32-27-40)59(45-33-28-41(29-34-45)47-22-13-23-52-51-21-10-12-25-57(51)61-58(47)52)55-37-35-46(48-18-7-8-19-49(48)55)42-30-36-56-53(38-42)50-20-9-11-24-54(50)60(56)43-16-5-2-6-17-43/h1-38H. The maximum Gasteiger partial charge on any atom is 0.0541 e. The molecule has 2 nitrogen and oxygen atoms in total. The zero-order valence-corrected chi connectivity index (χ0v) is 34.1. The molecule has 3 heteroatoms. The maximum atomic E-state index is 2.42. The molecular weight excluding hydrogens is 757 g/mol. The first-order valence-corrected chi connectivity index (χ1v) is 21.7. The number of nitrogens with zero attached hydrogens (tertiary/aromatic N) is 2. The summed E-state index contributed by atoms with van der Waals surface area (Å²) in [5.74, 6) is 0. The Labute approximate surface area is 358 Å². The van der Waals surface area contributed by atoms with E-state index in [1.54, 1.807) is 0 Å². The first-order valence-electron chi connectivity index (χ1n) is 20.8. The number of para-hydroxylation sites is 2. The van der Waals surface area contributed by atoms with Crippen LogP contribution in [-0.4, -0.2) is 4.57 Å². The fourth-order valence-corrected chi connectivity index (χ4v) is 10.6. The maximum absolute atomic E-state index is 2.42. The van der Waals surface area contributed by atoms with E-state index >= 15 is 0 Å². The second-order valence-electron chi connectivity index (χ2n) is 15.7. The number of benzene rings is 10. The second kappa shape index (κ2) is 14.5. The number of hydrogen-bond donors (Lipinski definition) is 0. The Hall–Kier alpha value is -7.72.